The van der Waals surface area contributed by atoms with Gasteiger partial charge in [-0.25, -0.2) is 0 Å². The van der Waals surface area contributed by atoms with E-state index in [4.69, 9.17) is 0 Å². The highest BCUT2D eigenvalue weighted by atomic mass is 127. The van der Waals surface area contributed by atoms with E-state index in [0.717, 1.165) is 34.8 Å². The minimum Gasteiger partial charge on any atom is -0.353 e. The number of unbranched alkanes of at least 4 members (excludes halogenated alkanes) is 1. The van der Waals surface area contributed by atoms with Crippen molar-refractivity contribution in [3.8, 4) is 0 Å². The van der Waals surface area contributed by atoms with Gasteiger partial charge in [-0.15, -0.1) is 0 Å². The van der Waals surface area contributed by atoms with E-state index >= 15 is 0 Å². The van der Waals surface area contributed by atoms with Gasteiger partial charge in [-0.05, 0) is 54.0 Å². The molecule has 0 saturated carbocycles. The molecule has 1 aromatic carbocycles. The van der Waals surface area contributed by atoms with Crippen molar-refractivity contribution in [2.24, 2.45) is 0 Å². The fourth-order valence-corrected chi connectivity index (χ4v) is 3.29. The molecule has 1 aliphatic rings. The van der Waals surface area contributed by atoms with Crippen molar-refractivity contribution in [2.45, 2.75) is 45.1 Å². The van der Waals surface area contributed by atoms with E-state index in [9.17, 15) is 9.59 Å². The van der Waals surface area contributed by atoms with Crippen molar-refractivity contribution in [1.29, 1.82) is 0 Å². The Kier molecular flexibility index (Phi) is 6.67. The molecule has 1 aromatic rings. The Morgan fingerprint density at radius 2 is 1.95 bits per heavy atom. The van der Waals surface area contributed by atoms with Crippen molar-refractivity contribution in [3.05, 3.63) is 33.4 Å². The molecule has 1 N–H and O–H groups in total. The van der Waals surface area contributed by atoms with Crippen LogP contribution < -0.4 is 5.32 Å². The molecule has 0 atom stereocenters. The Bertz CT molecular complexity index is 525. The van der Waals surface area contributed by atoms with E-state index in [1.54, 1.807) is 0 Å². The van der Waals surface area contributed by atoms with Crippen LogP contribution in [0.4, 0.5) is 0 Å². The average molecular weight is 414 g/mol. The number of amides is 2. The molecule has 2 amide bonds. The number of benzene rings is 1. The van der Waals surface area contributed by atoms with Crippen molar-refractivity contribution < 1.29 is 9.59 Å². The smallest absolute Gasteiger partial charge is 0.254 e. The summed E-state index contributed by atoms with van der Waals surface area (Å²) >= 11 is 2.20. The molecule has 1 aliphatic heterocycles. The summed E-state index contributed by atoms with van der Waals surface area (Å²) in [6, 6.07) is 7.88. The highest BCUT2D eigenvalue weighted by molar-refractivity contribution is 14.1. The summed E-state index contributed by atoms with van der Waals surface area (Å²) < 4.78 is 0.986. The molecule has 22 heavy (non-hydrogen) atoms. The highest BCUT2D eigenvalue weighted by Gasteiger charge is 2.25. The van der Waals surface area contributed by atoms with Crippen LogP contribution in [0.15, 0.2) is 24.3 Å². The zero-order valence-electron chi connectivity index (χ0n) is 13.0. The normalized spacial score (nSPS) is 15.6. The van der Waals surface area contributed by atoms with Gasteiger partial charge in [-0.1, -0.05) is 25.5 Å². The van der Waals surface area contributed by atoms with Crippen molar-refractivity contribution in [1.82, 2.24) is 10.2 Å². The van der Waals surface area contributed by atoms with Crippen LogP contribution in [-0.4, -0.2) is 35.8 Å². The molecule has 1 saturated heterocycles. The van der Waals surface area contributed by atoms with Gasteiger partial charge in [0.25, 0.3) is 5.91 Å². The summed E-state index contributed by atoms with van der Waals surface area (Å²) in [7, 11) is 0. The Morgan fingerprint density at radius 3 is 2.59 bits per heavy atom. The summed E-state index contributed by atoms with van der Waals surface area (Å²) in [6.07, 6.45) is 4.27. The molecule has 0 aromatic heterocycles. The SMILES string of the molecule is CCCCC(=O)NC1CCN(C(=O)c2ccccc2I)CC1. The van der Waals surface area contributed by atoms with E-state index in [2.05, 4.69) is 34.8 Å². The van der Waals surface area contributed by atoms with Crippen molar-refractivity contribution >= 4 is 34.4 Å². The first-order valence-corrected chi connectivity index (χ1v) is 9.03. The average Bonchev–Trinajstić information content (AvgIpc) is 2.53. The maximum atomic E-state index is 12.5. The van der Waals surface area contributed by atoms with E-state index < -0.39 is 0 Å². The molecule has 1 fully saturated rings. The fourth-order valence-electron chi connectivity index (χ4n) is 2.67. The number of rotatable bonds is 5. The Balaban J connectivity index is 1.83. The number of carbonyl (C=O) groups excluding carboxylic acids is 2. The number of carbonyl (C=O) groups is 2. The summed E-state index contributed by atoms with van der Waals surface area (Å²) in [5.41, 5.74) is 0.772. The van der Waals surface area contributed by atoms with Gasteiger partial charge in [0, 0.05) is 29.1 Å². The quantitative estimate of drug-likeness (QED) is 0.753. The van der Waals surface area contributed by atoms with Crippen LogP contribution in [0.5, 0.6) is 0 Å². The molecule has 1 heterocycles. The minimum atomic E-state index is 0.0979. The summed E-state index contributed by atoms with van der Waals surface area (Å²) in [4.78, 5) is 26.2. The Morgan fingerprint density at radius 1 is 1.27 bits per heavy atom. The number of nitrogens with one attached hydrogen (secondary N) is 1. The largest absolute Gasteiger partial charge is 0.353 e. The first-order chi connectivity index (χ1) is 10.6. The molecular formula is C17H23IN2O2. The second-order valence-corrected chi connectivity index (χ2v) is 6.88. The second-order valence-electron chi connectivity index (χ2n) is 5.72. The van der Waals surface area contributed by atoms with Crippen LogP contribution in [0.1, 0.15) is 49.4 Å². The molecule has 5 heteroatoms. The lowest BCUT2D eigenvalue weighted by molar-refractivity contribution is -0.122. The monoisotopic (exact) mass is 414 g/mol. The number of piperidine rings is 1. The van der Waals surface area contributed by atoms with Gasteiger partial charge in [0.15, 0.2) is 0 Å². The molecule has 0 spiro atoms. The standard InChI is InChI=1S/C17H23IN2O2/c1-2-3-8-16(21)19-13-9-11-20(12-10-13)17(22)14-6-4-5-7-15(14)18/h4-7,13H,2-3,8-12H2,1H3,(H,19,21). The van der Waals surface area contributed by atoms with Gasteiger partial charge in [0.2, 0.25) is 5.91 Å². The van der Waals surface area contributed by atoms with E-state index in [0.29, 0.717) is 19.5 Å². The maximum absolute atomic E-state index is 12.5. The third kappa shape index (κ3) is 4.69. The summed E-state index contributed by atoms with van der Waals surface area (Å²) in [5.74, 6) is 0.241. The molecule has 4 nitrogen and oxygen atoms in total. The number of nitrogens with zero attached hydrogens (tertiary/aromatic N) is 1. The van der Waals surface area contributed by atoms with Gasteiger partial charge in [-0.2, -0.15) is 0 Å². The molecule has 120 valence electrons. The van der Waals surface area contributed by atoms with Crippen LogP contribution in [0, 0.1) is 3.57 Å². The minimum absolute atomic E-state index is 0.0979. The third-order valence-corrected chi connectivity index (χ3v) is 4.95. The molecule has 2 rings (SSSR count). The maximum Gasteiger partial charge on any atom is 0.254 e. The topological polar surface area (TPSA) is 49.4 Å². The lowest BCUT2D eigenvalue weighted by atomic mass is 10.0. The predicted octanol–water partition coefficient (Wildman–Crippen LogP) is 3.20. The van der Waals surface area contributed by atoms with Crippen LogP contribution in [0.2, 0.25) is 0 Å². The van der Waals surface area contributed by atoms with E-state index in [1.807, 2.05) is 29.2 Å². The lowest BCUT2D eigenvalue weighted by Crippen LogP contribution is -2.46. The van der Waals surface area contributed by atoms with Crippen molar-refractivity contribution in [2.75, 3.05) is 13.1 Å². The lowest BCUT2D eigenvalue weighted by Gasteiger charge is -2.32. The van der Waals surface area contributed by atoms with Crippen molar-refractivity contribution in [3.63, 3.8) is 0 Å². The Labute approximate surface area is 145 Å². The number of halogens is 1. The van der Waals surface area contributed by atoms with Crippen LogP contribution in [0.25, 0.3) is 0 Å². The summed E-state index contributed by atoms with van der Waals surface area (Å²) in [6.45, 7) is 3.51. The van der Waals surface area contributed by atoms with Gasteiger partial charge < -0.3 is 10.2 Å². The van der Waals surface area contributed by atoms with Crippen LogP contribution in [0.3, 0.4) is 0 Å². The van der Waals surface area contributed by atoms with Crippen LogP contribution in [-0.2, 0) is 4.79 Å². The molecule has 0 radical (unpaired) electrons. The molecule has 0 bridgehead atoms. The highest BCUT2D eigenvalue weighted by Crippen LogP contribution is 2.18. The van der Waals surface area contributed by atoms with Crippen LogP contribution >= 0.6 is 22.6 Å². The number of hydrogen-bond acceptors (Lipinski definition) is 2. The molecular weight excluding hydrogens is 391 g/mol. The predicted molar refractivity (Wildman–Crippen MR) is 95.8 cm³/mol. The van der Waals surface area contributed by atoms with Gasteiger partial charge >= 0.3 is 0 Å². The third-order valence-electron chi connectivity index (χ3n) is 4.01. The zero-order chi connectivity index (χ0) is 15.9. The molecule has 0 unspecified atom stereocenters. The summed E-state index contributed by atoms with van der Waals surface area (Å²) in [5, 5.41) is 3.09. The zero-order valence-corrected chi connectivity index (χ0v) is 15.1. The van der Waals surface area contributed by atoms with E-state index in [1.165, 1.54) is 0 Å². The second kappa shape index (κ2) is 8.50. The van der Waals surface area contributed by atoms with Gasteiger partial charge in [0.1, 0.15) is 0 Å². The van der Waals surface area contributed by atoms with E-state index in [-0.39, 0.29) is 17.9 Å². The first-order valence-electron chi connectivity index (χ1n) is 7.95. The fraction of sp³-hybridized carbons (Fsp3) is 0.529. The first kappa shape index (κ1) is 17.2. The number of likely N-dealkylation sites (tertiary alicyclic amines) is 1. The Hall–Kier alpha value is -1.11. The van der Waals surface area contributed by atoms with Gasteiger partial charge in [0.05, 0.1) is 5.56 Å². The van der Waals surface area contributed by atoms with Gasteiger partial charge in [-0.3, -0.25) is 9.59 Å². The number of hydrogen-bond donors (Lipinski definition) is 1. The molecule has 0 aliphatic carbocycles.